The van der Waals surface area contributed by atoms with Crippen LogP contribution in [0.4, 0.5) is 5.69 Å². The van der Waals surface area contributed by atoms with Crippen molar-refractivity contribution in [1.29, 1.82) is 0 Å². The Morgan fingerprint density at radius 1 is 0.963 bits per heavy atom. The summed E-state index contributed by atoms with van der Waals surface area (Å²) >= 11 is 13.4. The van der Waals surface area contributed by atoms with Gasteiger partial charge in [0.05, 0.1) is 14.6 Å². The normalized spacial score (nSPS) is 11.1. The summed E-state index contributed by atoms with van der Waals surface area (Å²) in [6, 6.07) is 17.8. The maximum atomic E-state index is 6.19. The second-order valence-corrected chi connectivity index (χ2v) is 8.34. The molecule has 0 atom stereocenters. The van der Waals surface area contributed by atoms with Crippen LogP contribution in [-0.4, -0.2) is 6.21 Å². The maximum absolute atomic E-state index is 6.19. The van der Waals surface area contributed by atoms with Gasteiger partial charge in [0.1, 0.15) is 12.4 Å². The van der Waals surface area contributed by atoms with E-state index in [4.69, 9.17) is 16.3 Å². The van der Waals surface area contributed by atoms with Gasteiger partial charge < -0.3 is 4.74 Å². The average Bonchev–Trinajstić information content (AvgIpc) is 2.63. The molecule has 138 valence electrons. The molecule has 0 saturated carbocycles. The van der Waals surface area contributed by atoms with Crippen LogP contribution in [0.1, 0.15) is 22.3 Å². The molecule has 2 nitrogen and oxygen atoms in total. The highest BCUT2D eigenvalue weighted by Gasteiger charge is 2.10. The minimum atomic E-state index is 0.396. The van der Waals surface area contributed by atoms with E-state index in [2.05, 4.69) is 62.8 Å². The second-order valence-electron chi connectivity index (χ2n) is 6.22. The highest BCUT2D eigenvalue weighted by atomic mass is 79.9. The monoisotopic (exact) mass is 505 g/mol. The molecular weight excluding hydrogens is 490 g/mol. The summed E-state index contributed by atoms with van der Waals surface area (Å²) in [7, 11) is 0. The summed E-state index contributed by atoms with van der Waals surface area (Å²) in [5, 5.41) is 0.696. The molecule has 0 aliphatic carbocycles. The van der Waals surface area contributed by atoms with Crippen molar-refractivity contribution in [3.05, 3.63) is 90.8 Å². The van der Waals surface area contributed by atoms with E-state index in [9.17, 15) is 0 Å². The number of ether oxygens (including phenoxy) is 1. The second kappa shape index (κ2) is 9.05. The molecule has 3 aromatic carbocycles. The van der Waals surface area contributed by atoms with E-state index in [1.165, 1.54) is 11.1 Å². The van der Waals surface area contributed by atoms with E-state index in [-0.39, 0.29) is 0 Å². The van der Waals surface area contributed by atoms with Crippen molar-refractivity contribution in [3.8, 4) is 5.75 Å². The maximum Gasteiger partial charge on any atom is 0.148 e. The molecule has 3 aromatic rings. The van der Waals surface area contributed by atoms with Gasteiger partial charge in [-0.05, 0) is 92.7 Å². The number of halogens is 3. The third-order valence-electron chi connectivity index (χ3n) is 4.20. The predicted molar refractivity (Wildman–Crippen MR) is 121 cm³/mol. The van der Waals surface area contributed by atoms with Gasteiger partial charge in [0.15, 0.2) is 0 Å². The van der Waals surface area contributed by atoms with Crippen molar-refractivity contribution in [2.45, 2.75) is 20.5 Å². The number of hydrogen-bond acceptors (Lipinski definition) is 2. The Kier molecular flexibility index (Phi) is 6.74. The quantitative estimate of drug-likeness (QED) is 0.323. The van der Waals surface area contributed by atoms with Crippen molar-refractivity contribution < 1.29 is 4.74 Å². The number of hydrogen-bond donors (Lipinski definition) is 0. The molecule has 0 heterocycles. The number of benzene rings is 3. The number of nitrogens with zero attached hydrogens (tertiary/aromatic N) is 1. The molecule has 0 aromatic heterocycles. The van der Waals surface area contributed by atoms with Gasteiger partial charge >= 0.3 is 0 Å². The van der Waals surface area contributed by atoms with Gasteiger partial charge in [-0.1, -0.05) is 35.9 Å². The molecule has 0 amide bonds. The van der Waals surface area contributed by atoms with Crippen molar-refractivity contribution in [3.63, 3.8) is 0 Å². The molecule has 0 N–H and O–H groups in total. The van der Waals surface area contributed by atoms with Crippen LogP contribution in [0.25, 0.3) is 0 Å². The molecule has 0 saturated heterocycles. The number of aryl methyl sites for hydroxylation is 2. The largest absolute Gasteiger partial charge is 0.486 e. The third kappa shape index (κ3) is 5.22. The average molecular weight is 508 g/mol. The molecule has 0 spiro atoms. The molecule has 0 unspecified atom stereocenters. The fourth-order valence-electron chi connectivity index (χ4n) is 2.51. The van der Waals surface area contributed by atoms with Crippen molar-refractivity contribution in [2.24, 2.45) is 4.99 Å². The Morgan fingerprint density at radius 3 is 2.33 bits per heavy atom. The Balaban J connectivity index is 1.77. The lowest BCUT2D eigenvalue weighted by Crippen LogP contribution is -1.98. The Hall–Kier alpha value is -1.62. The first kappa shape index (κ1) is 20.1. The summed E-state index contributed by atoms with van der Waals surface area (Å²) in [5.41, 5.74) is 5.34. The van der Waals surface area contributed by atoms with E-state index in [1.54, 1.807) is 0 Å². The van der Waals surface area contributed by atoms with E-state index in [0.717, 1.165) is 31.5 Å². The lowest BCUT2D eigenvalue weighted by molar-refractivity contribution is 0.302. The smallest absolute Gasteiger partial charge is 0.148 e. The topological polar surface area (TPSA) is 21.6 Å². The van der Waals surface area contributed by atoms with Crippen LogP contribution in [0.5, 0.6) is 5.75 Å². The van der Waals surface area contributed by atoms with Crippen LogP contribution in [-0.2, 0) is 6.61 Å². The first-order valence-corrected chi connectivity index (χ1v) is 10.4. The zero-order valence-corrected chi connectivity index (χ0v) is 18.9. The fraction of sp³-hybridized carbons (Fsp3) is 0.136. The van der Waals surface area contributed by atoms with Crippen molar-refractivity contribution in [2.75, 3.05) is 0 Å². The molecule has 0 fully saturated rings. The van der Waals surface area contributed by atoms with Gasteiger partial charge in [-0.25, -0.2) is 0 Å². The van der Waals surface area contributed by atoms with Crippen LogP contribution in [0.3, 0.4) is 0 Å². The molecule has 27 heavy (non-hydrogen) atoms. The lowest BCUT2D eigenvalue weighted by Gasteiger charge is -2.12. The zero-order valence-electron chi connectivity index (χ0n) is 15.0. The molecule has 0 aliphatic rings. The van der Waals surface area contributed by atoms with Gasteiger partial charge in [0.2, 0.25) is 0 Å². The number of rotatable bonds is 5. The Bertz CT molecular complexity index is 978. The van der Waals surface area contributed by atoms with E-state index in [1.807, 2.05) is 48.7 Å². The Morgan fingerprint density at radius 2 is 1.67 bits per heavy atom. The van der Waals surface area contributed by atoms with Gasteiger partial charge in [-0.15, -0.1) is 0 Å². The summed E-state index contributed by atoms with van der Waals surface area (Å²) < 4.78 is 7.66. The highest BCUT2D eigenvalue weighted by molar-refractivity contribution is 9.11. The fourth-order valence-corrected chi connectivity index (χ4v) is 4.15. The molecule has 0 aliphatic heterocycles. The molecule has 5 heteroatoms. The van der Waals surface area contributed by atoms with E-state index >= 15 is 0 Å². The van der Waals surface area contributed by atoms with Crippen molar-refractivity contribution in [1.82, 2.24) is 0 Å². The van der Waals surface area contributed by atoms with Crippen LogP contribution in [0.15, 0.2) is 68.5 Å². The van der Waals surface area contributed by atoms with Crippen LogP contribution >= 0.6 is 43.5 Å². The lowest BCUT2D eigenvalue weighted by atomic mass is 10.1. The first-order chi connectivity index (χ1) is 12.9. The van der Waals surface area contributed by atoms with Crippen LogP contribution < -0.4 is 4.74 Å². The minimum absolute atomic E-state index is 0.396. The van der Waals surface area contributed by atoms with E-state index < -0.39 is 0 Å². The van der Waals surface area contributed by atoms with Crippen LogP contribution in [0.2, 0.25) is 5.02 Å². The third-order valence-corrected chi connectivity index (χ3v) is 5.75. The number of aliphatic imine (C=N–C) groups is 1. The molecule has 3 rings (SSSR count). The van der Waals surface area contributed by atoms with Crippen molar-refractivity contribution >= 4 is 55.4 Å². The molecular formula is C22H18Br2ClNO. The zero-order chi connectivity index (χ0) is 19.4. The molecule has 0 bridgehead atoms. The SMILES string of the molecule is Cc1ccc(N=Cc2cc(Br)c(OCc3ccccc3Cl)c(Br)c2)cc1C. The van der Waals surface area contributed by atoms with Gasteiger partial charge in [-0.3, -0.25) is 4.99 Å². The van der Waals surface area contributed by atoms with E-state index in [0.29, 0.717) is 11.6 Å². The Labute approximate surface area is 181 Å². The van der Waals surface area contributed by atoms with Gasteiger partial charge in [0.25, 0.3) is 0 Å². The summed E-state index contributed by atoms with van der Waals surface area (Å²) in [5.74, 6) is 0.734. The first-order valence-electron chi connectivity index (χ1n) is 8.40. The summed E-state index contributed by atoms with van der Waals surface area (Å²) in [4.78, 5) is 4.57. The van der Waals surface area contributed by atoms with Gasteiger partial charge in [0, 0.05) is 16.8 Å². The molecule has 0 radical (unpaired) electrons. The highest BCUT2D eigenvalue weighted by Crippen LogP contribution is 2.35. The minimum Gasteiger partial charge on any atom is -0.486 e. The summed E-state index contributed by atoms with van der Waals surface area (Å²) in [6.07, 6.45) is 1.84. The van der Waals surface area contributed by atoms with Gasteiger partial charge in [-0.2, -0.15) is 0 Å². The predicted octanol–water partition coefficient (Wildman–Crippen LogP) is 7.81. The standard InChI is InChI=1S/C22H18Br2ClNO/c1-14-7-8-18(9-15(14)2)26-12-16-10-19(23)22(20(24)11-16)27-13-17-5-3-4-6-21(17)25/h3-12H,13H2,1-2H3. The summed E-state index contributed by atoms with van der Waals surface area (Å²) in [6.45, 7) is 4.58. The van der Waals surface area contributed by atoms with Crippen LogP contribution in [0, 0.1) is 13.8 Å².